The molecule has 1 aromatic heterocycles. The molecule has 0 saturated carbocycles. The molecule has 1 aromatic carbocycles. The molecule has 0 aliphatic carbocycles. The molecular formula is C15H18N2O5S. The van der Waals surface area contributed by atoms with E-state index in [1.54, 1.807) is 13.2 Å². The lowest BCUT2D eigenvalue weighted by Gasteiger charge is -2.01. The number of methoxy groups -OCH3 is 1. The number of hydrogen-bond donors (Lipinski definition) is 1. The standard InChI is InChI=1S/C15H18N2O5S/c1-21-12-5-3-4-11(8-12)14-9-13(22-17-14)10-16-15(18)6-7-23(2,19)20/h3-5,8-9H,6-7,10H2,1-2H3,(H,16,18). The lowest BCUT2D eigenvalue weighted by atomic mass is 10.1. The number of nitrogens with one attached hydrogen (secondary N) is 1. The van der Waals surface area contributed by atoms with E-state index in [1.165, 1.54) is 0 Å². The Morgan fingerprint density at radius 1 is 1.35 bits per heavy atom. The molecule has 124 valence electrons. The van der Waals surface area contributed by atoms with Gasteiger partial charge in [0.1, 0.15) is 21.3 Å². The topological polar surface area (TPSA) is 98.5 Å². The van der Waals surface area contributed by atoms with Gasteiger partial charge in [0.2, 0.25) is 5.91 Å². The van der Waals surface area contributed by atoms with Crippen LogP contribution in [0.15, 0.2) is 34.9 Å². The second-order valence-corrected chi connectivity index (χ2v) is 7.33. The van der Waals surface area contributed by atoms with E-state index >= 15 is 0 Å². The van der Waals surface area contributed by atoms with Gasteiger partial charge >= 0.3 is 0 Å². The normalized spacial score (nSPS) is 11.2. The van der Waals surface area contributed by atoms with Crippen molar-refractivity contribution in [3.05, 3.63) is 36.1 Å². The van der Waals surface area contributed by atoms with Gasteiger partial charge in [-0.25, -0.2) is 8.42 Å². The van der Waals surface area contributed by atoms with Crippen molar-refractivity contribution in [3.8, 4) is 17.0 Å². The molecule has 0 bridgehead atoms. The maximum absolute atomic E-state index is 11.6. The van der Waals surface area contributed by atoms with E-state index in [9.17, 15) is 13.2 Å². The van der Waals surface area contributed by atoms with Gasteiger partial charge in [0.05, 0.1) is 19.4 Å². The molecule has 1 N–H and O–H groups in total. The van der Waals surface area contributed by atoms with Crippen LogP contribution in [-0.2, 0) is 21.2 Å². The zero-order valence-corrected chi connectivity index (χ0v) is 13.7. The molecule has 0 aliphatic rings. The minimum absolute atomic E-state index is 0.0737. The number of aromatic nitrogens is 1. The lowest BCUT2D eigenvalue weighted by molar-refractivity contribution is -0.120. The highest BCUT2D eigenvalue weighted by Gasteiger charge is 2.11. The minimum atomic E-state index is -3.15. The van der Waals surface area contributed by atoms with Crippen molar-refractivity contribution in [2.24, 2.45) is 0 Å². The molecule has 0 unspecified atom stereocenters. The lowest BCUT2D eigenvalue weighted by Crippen LogP contribution is -2.24. The van der Waals surface area contributed by atoms with E-state index < -0.39 is 9.84 Å². The van der Waals surface area contributed by atoms with Crippen LogP contribution < -0.4 is 10.1 Å². The molecule has 0 radical (unpaired) electrons. The third kappa shape index (κ3) is 5.41. The van der Waals surface area contributed by atoms with Gasteiger partial charge in [0.15, 0.2) is 5.76 Å². The predicted molar refractivity (Wildman–Crippen MR) is 84.7 cm³/mol. The van der Waals surface area contributed by atoms with E-state index in [0.29, 0.717) is 17.2 Å². The Morgan fingerprint density at radius 2 is 2.13 bits per heavy atom. The molecule has 0 spiro atoms. The summed E-state index contributed by atoms with van der Waals surface area (Å²) < 4.78 is 32.3. The Kier molecular flexibility index (Phi) is 5.38. The average molecular weight is 338 g/mol. The van der Waals surface area contributed by atoms with Crippen molar-refractivity contribution in [3.63, 3.8) is 0 Å². The molecule has 8 heteroatoms. The Bertz CT molecular complexity index is 783. The first-order valence-corrected chi connectivity index (χ1v) is 8.98. The number of ether oxygens (including phenoxy) is 1. The van der Waals surface area contributed by atoms with Gasteiger partial charge in [-0.2, -0.15) is 0 Å². The zero-order valence-electron chi connectivity index (χ0n) is 12.9. The van der Waals surface area contributed by atoms with Crippen LogP contribution in [0.3, 0.4) is 0 Å². The molecule has 2 aromatic rings. The van der Waals surface area contributed by atoms with E-state index in [-0.39, 0.29) is 24.6 Å². The molecule has 1 amide bonds. The first-order chi connectivity index (χ1) is 10.9. The SMILES string of the molecule is COc1cccc(-c2cc(CNC(=O)CCS(C)(=O)=O)on2)c1. The predicted octanol–water partition coefficient (Wildman–Crippen LogP) is 1.40. The van der Waals surface area contributed by atoms with Gasteiger partial charge in [-0.15, -0.1) is 0 Å². The summed E-state index contributed by atoms with van der Waals surface area (Å²) in [7, 11) is -1.57. The molecule has 7 nitrogen and oxygen atoms in total. The summed E-state index contributed by atoms with van der Waals surface area (Å²) in [6.45, 7) is 0.152. The smallest absolute Gasteiger partial charge is 0.221 e. The summed E-state index contributed by atoms with van der Waals surface area (Å²) >= 11 is 0. The van der Waals surface area contributed by atoms with Gasteiger partial charge in [-0.1, -0.05) is 17.3 Å². The quantitative estimate of drug-likeness (QED) is 0.819. The summed E-state index contributed by atoms with van der Waals surface area (Å²) in [4.78, 5) is 11.6. The number of hydrogen-bond acceptors (Lipinski definition) is 6. The van der Waals surface area contributed by atoms with Crippen LogP contribution >= 0.6 is 0 Å². The zero-order chi connectivity index (χ0) is 16.9. The van der Waals surface area contributed by atoms with E-state index in [0.717, 1.165) is 11.8 Å². The van der Waals surface area contributed by atoms with Crippen molar-refractivity contribution in [2.45, 2.75) is 13.0 Å². The van der Waals surface area contributed by atoms with E-state index in [1.807, 2.05) is 24.3 Å². The van der Waals surface area contributed by atoms with Crippen LogP contribution in [0.5, 0.6) is 5.75 Å². The summed E-state index contributed by atoms with van der Waals surface area (Å²) in [6.07, 6.45) is 1.02. The second-order valence-electron chi connectivity index (χ2n) is 5.07. The second kappa shape index (κ2) is 7.28. The largest absolute Gasteiger partial charge is 0.497 e. The number of sulfone groups is 1. The summed E-state index contributed by atoms with van der Waals surface area (Å²) in [6, 6.07) is 9.08. The Balaban J connectivity index is 1.93. The fourth-order valence-corrected chi connectivity index (χ4v) is 2.42. The van der Waals surface area contributed by atoms with Gasteiger partial charge in [-0.05, 0) is 12.1 Å². The fourth-order valence-electron chi connectivity index (χ4n) is 1.87. The molecule has 0 saturated heterocycles. The van der Waals surface area contributed by atoms with Crippen molar-refractivity contribution in [1.82, 2.24) is 10.5 Å². The Hall–Kier alpha value is -2.35. The summed E-state index contributed by atoms with van der Waals surface area (Å²) in [5, 5.41) is 6.54. The van der Waals surface area contributed by atoms with Crippen molar-refractivity contribution >= 4 is 15.7 Å². The number of rotatable bonds is 7. The molecule has 23 heavy (non-hydrogen) atoms. The van der Waals surface area contributed by atoms with Crippen LogP contribution in [-0.4, -0.2) is 38.6 Å². The highest BCUT2D eigenvalue weighted by Crippen LogP contribution is 2.23. The maximum Gasteiger partial charge on any atom is 0.221 e. The van der Waals surface area contributed by atoms with Crippen LogP contribution in [0.4, 0.5) is 0 Å². The van der Waals surface area contributed by atoms with Crippen LogP contribution in [0.1, 0.15) is 12.2 Å². The van der Waals surface area contributed by atoms with Crippen LogP contribution in [0, 0.1) is 0 Å². The van der Waals surface area contributed by atoms with E-state index in [2.05, 4.69) is 10.5 Å². The number of benzene rings is 1. The third-order valence-corrected chi connectivity index (χ3v) is 4.03. The highest BCUT2D eigenvalue weighted by molar-refractivity contribution is 7.90. The third-order valence-electron chi connectivity index (χ3n) is 3.08. The van der Waals surface area contributed by atoms with Gasteiger partial charge in [0.25, 0.3) is 0 Å². The number of carbonyl (C=O) groups excluding carboxylic acids is 1. The van der Waals surface area contributed by atoms with Crippen molar-refractivity contribution in [2.75, 3.05) is 19.1 Å². The van der Waals surface area contributed by atoms with Crippen LogP contribution in [0.2, 0.25) is 0 Å². The van der Waals surface area contributed by atoms with Gasteiger partial charge < -0.3 is 14.6 Å². The Labute approximate surface area is 134 Å². The number of nitrogens with zero attached hydrogens (tertiary/aromatic N) is 1. The molecule has 0 fully saturated rings. The summed E-state index contributed by atoms with van der Waals surface area (Å²) in [5.74, 6) is 0.663. The number of carbonyl (C=O) groups is 1. The Morgan fingerprint density at radius 3 is 2.83 bits per heavy atom. The van der Waals surface area contributed by atoms with Gasteiger partial charge in [0, 0.05) is 24.3 Å². The van der Waals surface area contributed by atoms with Crippen molar-refractivity contribution in [1.29, 1.82) is 0 Å². The molecule has 0 aliphatic heterocycles. The molecule has 2 rings (SSSR count). The van der Waals surface area contributed by atoms with E-state index in [4.69, 9.17) is 9.26 Å². The van der Waals surface area contributed by atoms with Gasteiger partial charge in [-0.3, -0.25) is 4.79 Å². The molecule has 1 heterocycles. The average Bonchev–Trinajstić information content (AvgIpc) is 2.99. The number of amides is 1. The molecule has 0 atom stereocenters. The fraction of sp³-hybridized carbons (Fsp3) is 0.333. The first kappa shape index (κ1) is 17.0. The first-order valence-electron chi connectivity index (χ1n) is 6.92. The summed E-state index contributed by atoms with van der Waals surface area (Å²) in [5.41, 5.74) is 1.46. The highest BCUT2D eigenvalue weighted by atomic mass is 32.2. The monoisotopic (exact) mass is 338 g/mol. The molecular weight excluding hydrogens is 320 g/mol. The van der Waals surface area contributed by atoms with Crippen LogP contribution in [0.25, 0.3) is 11.3 Å². The van der Waals surface area contributed by atoms with Crippen molar-refractivity contribution < 1.29 is 22.5 Å². The maximum atomic E-state index is 11.6. The minimum Gasteiger partial charge on any atom is -0.497 e.